The highest BCUT2D eigenvalue weighted by Crippen LogP contribution is 2.38. The number of urea groups is 1. The van der Waals surface area contributed by atoms with Gasteiger partial charge in [-0.25, -0.2) is 4.79 Å². The molecule has 0 unspecified atom stereocenters. The molecule has 2 fully saturated rings. The lowest BCUT2D eigenvalue weighted by Gasteiger charge is -2.36. The number of carbonyl (C=O) groups excluding carboxylic acids is 4. The van der Waals surface area contributed by atoms with E-state index in [1.165, 1.54) is 11.1 Å². The number of aryl methyl sites for hydroxylation is 2. The lowest BCUT2D eigenvalue weighted by atomic mass is 9.73. The average Bonchev–Trinajstić information content (AvgIpc) is 3.27. The highest BCUT2D eigenvalue weighted by molar-refractivity contribution is 6.09. The number of carbonyl (C=O) groups is 4. The number of fused-ring (bicyclic) bond motifs is 1. The highest BCUT2D eigenvalue weighted by atomic mass is 16.5. The van der Waals surface area contributed by atoms with Crippen molar-refractivity contribution < 1.29 is 23.9 Å². The molecule has 2 aliphatic carbocycles. The van der Waals surface area contributed by atoms with Gasteiger partial charge >= 0.3 is 12.0 Å². The molecular formula is C22H27N3O5. The van der Waals surface area contributed by atoms with Crippen LogP contribution in [0, 0.1) is 5.92 Å². The second-order valence-corrected chi connectivity index (χ2v) is 8.49. The molecule has 0 aromatic heterocycles. The van der Waals surface area contributed by atoms with Gasteiger partial charge in [0.2, 0.25) is 0 Å². The van der Waals surface area contributed by atoms with Gasteiger partial charge in [0, 0.05) is 5.69 Å². The zero-order chi connectivity index (χ0) is 21.3. The Balaban J connectivity index is 1.29. The van der Waals surface area contributed by atoms with E-state index in [0.29, 0.717) is 12.1 Å². The third-order valence-corrected chi connectivity index (χ3v) is 6.54. The largest absolute Gasteiger partial charge is 0.454 e. The Bertz CT molecular complexity index is 899. The highest BCUT2D eigenvalue weighted by Gasteiger charge is 2.55. The molecule has 4 amide bonds. The third kappa shape index (κ3) is 3.78. The van der Waals surface area contributed by atoms with Gasteiger partial charge in [-0.1, -0.05) is 25.8 Å². The molecule has 1 aliphatic heterocycles. The van der Waals surface area contributed by atoms with Crippen LogP contribution in [-0.2, 0) is 32.0 Å². The van der Waals surface area contributed by atoms with Gasteiger partial charge in [-0.2, -0.15) is 0 Å². The summed E-state index contributed by atoms with van der Waals surface area (Å²) in [7, 11) is 0. The van der Waals surface area contributed by atoms with Gasteiger partial charge in [0.15, 0.2) is 6.61 Å². The number of imide groups is 1. The van der Waals surface area contributed by atoms with Crippen LogP contribution in [0.1, 0.15) is 50.2 Å². The number of nitrogens with one attached hydrogen (secondary N) is 2. The molecule has 2 N–H and O–H groups in total. The van der Waals surface area contributed by atoms with Gasteiger partial charge in [0.1, 0.15) is 12.1 Å². The van der Waals surface area contributed by atoms with Crippen molar-refractivity contribution in [3.8, 4) is 0 Å². The molecule has 0 bridgehead atoms. The van der Waals surface area contributed by atoms with Gasteiger partial charge in [-0.15, -0.1) is 0 Å². The molecule has 3 aliphatic rings. The van der Waals surface area contributed by atoms with E-state index in [1.807, 2.05) is 25.1 Å². The Kier molecular flexibility index (Phi) is 5.49. The Morgan fingerprint density at radius 1 is 1.20 bits per heavy atom. The Labute approximate surface area is 175 Å². The maximum atomic E-state index is 12.9. The average molecular weight is 413 g/mol. The van der Waals surface area contributed by atoms with Crippen molar-refractivity contribution in [1.82, 2.24) is 10.2 Å². The van der Waals surface area contributed by atoms with E-state index in [9.17, 15) is 19.2 Å². The summed E-state index contributed by atoms with van der Waals surface area (Å²) in [6.07, 6.45) is 6.49. The minimum Gasteiger partial charge on any atom is -0.454 e. The smallest absolute Gasteiger partial charge is 0.326 e. The minimum absolute atomic E-state index is 0.0156. The van der Waals surface area contributed by atoms with Gasteiger partial charge in [-0.05, 0) is 61.3 Å². The summed E-state index contributed by atoms with van der Waals surface area (Å²) >= 11 is 0. The van der Waals surface area contributed by atoms with Crippen molar-refractivity contribution in [3.05, 3.63) is 29.3 Å². The van der Waals surface area contributed by atoms with Crippen LogP contribution in [0.4, 0.5) is 10.5 Å². The minimum atomic E-state index is -0.916. The van der Waals surface area contributed by atoms with E-state index < -0.39 is 36.6 Å². The molecule has 160 valence electrons. The fraction of sp³-hybridized carbons (Fsp3) is 0.545. The molecule has 0 radical (unpaired) electrons. The first-order valence-corrected chi connectivity index (χ1v) is 10.6. The van der Waals surface area contributed by atoms with Crippen LogP contribution in [0.5, 0.6) is 0 Å². The second-order valence-electron chi connectivity index (χ2n) is 8.49. The Morgan fingerprint density at radius 2 is 2.00 bits per heavy atom. The topological polar surface area (TPSA) is 105 Å². The molecule has 8 nitrogen and oxygen atoms in total. The summed E-state index contributed by atoms with van der Waals surface area (Å²) in [6, 6.07) is 5.21. The first-order valence-electron chi connectivity index (χ1n) is 10.6. The number of ether oxygens (including phenoxy) is 1. The lowest BCUT2D eigenvalue weighted by molar-refractivity contribution is -0.150. The number of esters is 1. The van der Waals surface area contributed by atoms with Gasteiger partial charge < -0.3 is 15.4 Å². The summed E-state index contributed by atoms with van der Waals surface area (Å²) in [6.45, 7) is 0.981. The standard InChI is InChI=1S/C22H27N3O5/c1-14-5-2-3-10-22(14)20(28)25(21(29)24-22)12-19(27)30-13-18(26)23-17-9-8-15-6-4-7-16(15)11-17/h8-9,11,14H,2-7,10,12-13H2,1H3,(H,23,26)(H,24,29)/t14-,22+/m1/s1. The van der Waals surface area contributed by atoms with Crippen LogP contribution in [0.25, 0.3) is 0 Å². The van der Waals surface area contributed by atoms with Crippen LogP contribution in [0.15, 0.2) is 18.2 Å². The van der Waals surface area contributed by atoms with Gasteiger partial charge in [0.05, 0.1) is 0 Å². The van der Waals surface area contributed by atoms with Crippen molar-refractivity contribution in [2.24, 2.45) is 5.92 Å². The van der Waals surface area contributed by atoms with E-state index in [-0.39, 0.29) is 11.8 Å². The van der Waals surface area contributed by atoms with Crippen LogP contribution in [0.3, 0.4) is 0 Å². The number of nitrogens with zero attached hydrogens (tertiary/aromatic N) is 1. The number of rotatable bonds is 5. The van der Waals surface area contributed by atoms with E-state index in [1.54, 1.807) is 0 Å². The second kappa shape index (κ2) is 8.08. The molecule has 4 rings (SSSR count). The zero-order valence-electron chi connectivity index (χ0n) is 17.2. The van der Waals surface area contributed by atoms with Crippen LogP contribution >= 0.6 is 0 Å². The van der Waals surface area contributed by atoms with E-state index in [4.69, 9.17) is 4.74 Å². The molecular weight excluding hydrogens is 386 g/mol. The zero-order valence-corrected chi connectivity index (χ0v) is 17.2. The molecule has 1 heterocycles. The third-order valence-electron chi connectivity index (χ3n) is 6.54. The summed E-state index contributed by atoms with van der Waals surface area (Å²) in [5.41, 5.74) is 2.28. The summed E-state index contributed by atoms with van der Waals surface area (Å²) in [5.74, 6) is -1.61. The van der Waals surface area contributed by atoms with Crippen LogP contribution in [0.2, 0.25) is 0 Å². The number of hydrogen-bond donors (Lipinski definition) is 2. The fourth-order valence-electron chi connectivity index (χ4n) is 4.81. The fourth-order valence-corrected chi connectivity index (χ4v) is 4.81. The predicted molar refractivity (Wildman–Crippen MR) is 109 cm³/mol. The molecule has 1 aromatic carbocycles. The molecule has 30 heavy (non-hydrogen) atoms. The van der Waals surface area contributed by atoms with Crippen LogP contribution < -0.4 is 10.6 Å². The number of anilines is 1. The molecule has 1 saturated heterocycles. The normalized spacial score (nSPS) is 25.2. The number of amides is 4. The maximum Gasteiger partial charge on any atom is 0.326 e. The number of hydrogen-bond acceptors (Lipinski definition) is 5. The van der Waals surface area contributed by atoms with E-state index in [0.717, 1.165) is 43.4 Å². The number of benzene rings is 1. The van der Waals surface area contributed by atoms with E-state index in [2.05, 4.69) is 10.6 Å². The first kappa shape index (κ1) is 20.4. The predicted octanol–water partition coefficient (Wildman–Crippen LogP) is 2.16. The van der Waals surface area contributed by atoms with Crippen molar-refractivity contribution >= 4 is 29.5 Å². The Hall–Kier alpha value is -2.90. The van der Waals surface area contributed by atoms with Crippen molar-refractivity contribution in [3.63, 3.8) is 0 Å². The molecule has 1 spiro atoms. The summed E-state index contributed by atoms with van der Waals surface area (Å²) < 4.78 is 5.01. The van der Waals surface area contributed by atoms with Gasteiger partial charge in [0.25, 0.3) is 11.8 Å². The van der Waals surface area contributed by atoms with Crippen LogP contribution in [-0.4, -0.2) is 47.4 Å². The van der Waals surface area contributed by atoms with Gasteiger partial charge in [-0.3, -0.25) is 19.3 Å². The maximum absolute atomic E-state index is 12.9. The first-order chi connectivity index (χ1) is 14.4. The molecule has 8 heteroatoms. The monoisotopic (exact) mass is 413 g/mol. The summed E-state index contributed by atoms with van der Waals surface area (Å²) in [5, 5.41) is 5.51. The van der Waals surface area contributed by atoms with E-state index >= 15 is 0 Å². The Morgan fingerprint density at radius 3 is 2.80 bits per heavy atom. The molecule has 1 aromatic rings. The quantitative estimate of drug-likeness (QED) is 0.569. The van der Waals surface area contributed by atoms with Crippen molar-refractivity contribution in [1.29, 1.82) is 0 Å². The molecule has 2 atom stereocenters. The lowest BCUT2D eigenvalue weighted by Crippen LogP contribution is -2.54. The van der Waals surface area contributed by atoms with Crippen molar-refractivity contribution in [2.75, 3.05) is 18.5 Å². The van der Waals surface area contributed by atoms with Crippen molar-refractivity contribution in [2.45, 2.75) is 57.4 Å². The molecule has 1 saturated carbocycles. The summed E-state index contributed by atoms with van der Waals surface area (Å²) in [4.78, 5) is 50.4. The SMILES string of the molecule is C[C@@H]1CCCC[C@]12NC(=O)N(CC(=O)OCC(=O)Nc1ccc3c(c1)CCC3)C2=O.